The van der Waals surface area contributed by atoms with Crippen molar-refractivity contribution in [2.75, 3.05) is 9.80 Å². The quantitative estimate of drug-likeness (QED) is 0.164. The Kier molecular flexibility index (Phi) is 6.58. The van der Waals surface area contributed by atoms with Crippen molar-refractivity contribution in [1.29, 1.82) is 0 Å². The fourth-order valence-electron chi connectivity index (χ4n) is 11.7. The van der Waals surface area contributed by atoms with Crippen molar-refractivity contribution in [3.63, 3.8) is 0 Å². The Morgan fingerprint density at radius 1 is 0.508 bits per heavy atom. The van der Waals surface area contributed by atoms with Crippen LogP contribution in [0, 0.1) is 6.92 Å². The molecular weight excluding hydrogens is 787 g/mol. The van der Waals surface area contributed by atoms with Crippen LogP contribution in [0.15, 0.2) is 150 Å². The lowest BCUT2D eigenvalue weighted by Crippen LogP contribution is -2.61. The molecule has 2 aliphatic heterocycles. The minimum Gasteiger partial charge on any atom is -0.468 e. The van der Waals surface area contributed by atoms with Crippen molar-refractivity contribution < 1.29 is 18.1 Å². The summed E-state index contributed by atoms with van der Waals surface area (Å²) >= 11 is 0. The molecule has 0 atom stereocenters. The van der Waals surface area contributed by atoms with Crippen molar-refractivity contribution in [1.82, 2.24) is 0 Å². The fraction of sp³-hybridized carbons (Fsp3) is 0.279. The van der Waals surface area contributed by atoms with Gasteiger partial charge in [0.2, 0.25) is 0 Å². The molecule has 12 rings (SSSR count). The maximum atomic E-state index is 9.11. The number of hydrogen-bond donors (Lipinski definition) is 0. The molecule has 0 radical (unpaired) electrons. The van der Waals surface area contributed by atoms with E-state index in [0.29, 0.717) is 22.5 Å². The Labute approximate surface area is 400 Å². The van der Waals surface area contributed by atoms with Crippen LogP contribution < -0.4 is 26.4 Å². The second kappa shape index (κ2) is 13.9. The summed E-state index contributed by atoms with van der Waals surface area (Å²) in [6.45, 7) is 20.4. The predicted molar refractivity (Wildman–Crippen MR) is 276 cm³/mol. The van der Waals surface area contributed by atoms with Gasteiger partial charge >= 0.3 is 0 Å². The van der Waals surface area contributed by atoms with Crippen LogP contribution in [0.2, 0.25) is 0 Å². The predicted octanol–water partition coefficient (Wildman–Crippen LogP) is 14.9. The summed E-state index contributed by atoms with van der Waals surface area (Å²) < 4.78 is 94.9. The van der Waals surface area contributed by atoms with Crippen LogP contribution in [0.4, 0.5) is 34.1 Å². The van der Waals surface area contributed by atoms with Crippen molar-refractivity contribution >= 4 is 68.4 Å². The molecule has 322 valence electrons. The molecule has 0 bridgehead atoms. The summed E-state index contributed by atoms with van der Waals surface area (Å²) in [5, 5.41) is 1.02. The van der Waals surface area contributed by atoms with Gasteiger partial charge in [0, 0.05) is 33.8 Å². The number of aryl methyl sites for hydroxylation is 1. The molecule has 0 fully saturated rings. The lowest BCUT2D eigenvalue weighted by atomic mass is 9.35. The van der Waals surface area contributed by atoms with E-state index in [1.165, 1.54) is 22.3 Å². The highest BCUT2D eigenvalue weighted by atomic mass is 16.3. The summed E-state index contributed by atoms with van der Waals surface area (Å²) in [6.07, 6.45) is 4.22. The van der Waals surface area contributed by atoms with Crippen LogP contribution in [0.3, 0.4) is 0 Å². The van der Waals surface area contributed by atoms with Gasteiger partial charge in [0.25, 0.3) is 6.71 Å². The van der Waals surface area contributed by atoms with Crippen LogP contribution in [-0.4, -0.2) is 6.71 Å². The first kappa shape index (κ1) is 30.8. The van der Waals surface area contributed by atoms with E-state index < -0.39 is 43.0 Å². The van der Waals surface area contributed by atoms with Gasteiger partial charge in [-0.3, -0.25) is 0 Å². The van der Waals surface area contributed by atoms with Crippen LogP contribution in [0.5, 0.6) is 0 Å². The van der Waals surface area contributed by atoms with Crippen LogP contribution in [-0.2, 0) is 21.7 Å². The average molecular weight is 857 g/mol. The summed E-state index contributed by atoms with van der Waals surface area (Å²) in [6, 6.07) is 25.3. The highest BCUT2D eigenvalue weighted by Gasteiger charge is 2.48. The van der Waals surface area contributed by atoms with E-state index in [2.05, 4.69) is 115 Å². The minimum atomic E-state index is -0.482. The van der Waals surface area contributed by atoms with Crippen LogP contribution in [0.1, 0.15) is 123 Å². The Bertz CT molecular complexity index is 3800. The molecule has 1 aromatic heterocycles. The van der Waals surface area contributed by atoms with Crippen molar-refractivity contribution in [3.8, 4) is 22.3 Å². The number of benzene rings is 7. The molecule has 0 saturated heterocycles. The van der Waals surface area contributed by atoms with Gasteiger partial charge in [-0.2, -0.15) is 0 Å². The Hall–Kier alpha value is -6.26. The van der Waals surface area contributed by atoms with Gasteiger partial charge in [0.05, 0.1) is 25.1 Å². The van der Waals surface area contributed by atoms with E-state index in [0.717, 1.165) is 81.6 Å². The number of fused-ring (bicyclic) bond motifs is 8. The molecule has 7 aromatic carbocycles. The zero-order valence-electron chi connectivity index (χ0n) is 48.8. The van der Waals surface area contributed by atoms with E-state index in [4.69, 9.17) is 18.1 Å². The smallest absolute Gasteiger partial charge is 0.297 e. The van der Waals surface area contributed by atoms with E-state index in [1.807, 2.05) is 36.4 Å². The molecule has 0 spiro atoms. The summed E-state index contributed by atoms with van der Waals surface area (Å²) in [5.74, 6) is 0. The van der Waals surface area contributed by atoms with Gasteiger partial charge in [0.15, 0.2) is 0 Å². The van der Waals surface area contributed by atoms with Gasteiger partial charge in [-0.15, -0.1) is 0 Å². The Morgan fingerprint density at radius 2 is 1.06 bits per heavy atom. The first-order valence-corrected chi connectivity index (χ1v) is 23.1. The third-order valence-corrected chi connectivity index (χ3v) is 15.6. The standard InChI is InChI=1S/C61H59BN2O/c1-38-31-52-55-53(32-38)64(44-24-25-46-47(35-44)59(4,5)28-27-58(46,2)3)56-45-36-48-49(61(8,9)30-29-60(48,6)7)37-54(45)65-57(56)62(55)50-26-23-42(40-19-14-11-15-20-40)34-51(50)63(52)43-22-16-21-41(33-43)39-17-12-10-13-18-39/h10-26,31-37H,27-30H2,1-9H3/i10D,11D,12D,13D,14D,15D,17D,18D,19D,20D. The molecule has 0 unspecified atom stereocenters. The Balaban J connectivity index is 1.20. The SMILES string of the molecule is [2H]c1c([2H])c([2H])c(-c2cccc(N3c4cc(-c5c([2H])c([2H])c([2H])c([2H])c5[2H])ccc4B4c5oc6cc7c(cc6c5N(c5ccc6c(c5)C(C)(C)CCC6(C)C)c5cc(C)cc3c54)C(C)(C)CCC7(C)C)c2)c([2H])c1[2H]. The average Bonchev–Trinajstić information content (AvgIpc) is 3.75. The van der Waals surface area contributed by atoms with Crippen LogP contribution >= 0.6 is 0 Å². The first-order valence-electron chi connectivity index (χ1n) is 28.1. The minimum absolute atomic E-state index is 0.00818. The number of hydrogen-bond acceptors (Lipinski definition) is 3. The summed E-state index contributed by atoms with van der Waals surface area (Å²) in [4.78, 5) is 4.53. The molecule has 0 amide bonds. The molecule has 65 heavy (non-hydrogen) atoms. The molecule has 3 nitrogen and oxygen atoms in total. The van der Waals surface area contributed by atoms with Gasteiger partial charge in [0.1, 0.15) is 5.58 Å². The lowest BCUT2D eigenvalue weighted by Gasteiger charge is -2.44. The van der Waals surface area contributed by atoms with Gasteiger partial charge in [-0.05, 0) is 170 Å². The number of furan rings is 1. The number of anilines is 6. The zero-order valence-corrected chi connectivity index (χ0v) is 38.8. The number of rotatable bonds is 4. The van der Waals surface area contributed by atoms with E-state index >= 15 is 0 Å². The van der Waals surface area contributed by atoms with Crippen molar-refractivity contribution in [2.45, 2.75) is 110 Å². The third kappa shape index (κ3) is 6.08. The molecule has 0 saturated carbocycles. The van der Waals surface area contributed by atoms with Crippen molar-refractivity contribution in [3.05, 3.63) is 173 Å². The van der Waals surface area contributed by atoms with Crippen molar-refractivity contribution in [2.24, 2.45) is 0 Å². The largest absolute Gasteiger partial charge is 0.468 e. The molecule has 3 heterocycles. The molecule has 2 aliphatic carbocycles. The molecule has 0 N–H and O–H groups in total. The molecular formula is C61H59BN2O. The maximum absolute atomic E-state index is 9.11. The number of nitrogens with zero attached hydrogens (tertiary/aromatic N) is 2. The monoisotopic (exact) mass is 857 g/mol. The van der Waals surface area contributed by atoms with E-state index in [1.54, 1.807) is 6.07 Å². The topological polar surface area (TPSA) is 19.6 Å². The zero-order chi connectivity index (χ0) is 53.5. The van der Waals surface area contributed by atoms with Crippen LogP contribution in [0.25, 0.3) is 33.2 Å². The second-order valence-corrected chi connectivity index (χ2v) is 21.6. The second-order valence-electron chi connectivity index (χ2n) is 21.6. The maximum Gasteiger partial charge on any atom is 0.297 e. The van der Waals surface area contributed by atoms with Gasteiger partial charge < -0.3 is 14.2 Å². The highest BCUT2D eigenvalue weighted by Crippen LogP contribution is 2.53. The molecule has 8 aromatic rings. The molecule has 4 heteroatoms. The van der Waals surface area contributed by atoms with E-state index in [-0.39, 0.29) is 57.0 Å². The molecule has 4 aliphatic rings. The van der Waals surface area contributed by atoms with Gasteiger partial charge in [-0.1, -0.05) is 146 Å². The Morgan fingerprint density at radius 3 is 1.71 bits per heavy atom. The highest BCUT2D eigenvalue weighted by molar-refractivity contribution is 7.00. The summed E-state index contributed by atoms with van der Waals surface area (Å²) in [7, 11) is 0. The first-order chi connectivity index (χ1) is 35.2. The normalized spacial score (nSPS) is 20.2. The van der Waals surface area contributed by atoms with Gasteiger partial charge in [-0.25, -0.2) is 0 Å². The summed E-state index contributed by atoms with van der Waals surface area (Å²) in [5.41, 5.74) is 15.4. The fourth-order valence-corrected chi connectivity index (χ4v) is 11.7. The third-order valence-electron chi connectivity index (χ3n) is 15.6. The van der Waals surface area contributed by atoms with E-state index in [9.17, 15) is 0 Å². The lowest BCUT2D eigenvalue weighted by molar-refractivity contribution is 0.332.